The molecule has 0 amide bonds. The van der Waals surface area contributed by atoms with Gasteiger partial charge < -0.3 is 45.9 Å². The van der Waals surface area contributed by atoms with Crippen LogP contribution in [0.25, 0.3) is 33.4 Å². The molecule has 6 aliphatic rings. The number of aromatic hydroxyl groups is 1. The average molecular weight is 894 g/mol. The maximum atomic E-state index is 12.6. The van der Waals surface area contributed by atoms with E-state index in [2.05, 4.69) is 36.4 Å². The predicted molar refractivity (Wildman–Crippen MR) is 251 cm³/mol. The Kier molecular flexibility index (Phi) is 13.4. The lowest BCUT2D eigenvalue weighted by atomic mass is 9.46. The number of carboxylic acids is 2. The van der Waals surface area contributed by atoms with E-state index in [-0.39, 0.29) is 45.2 Å². The highest BCUT2D eigenvalue weighted by molar-refractivity contribution is 7.80. The first kappa shape index (κ1) is 45.6. The normalized spacial score (nSPS) is 28.3. The number of aliphatic carboxylic acids is 1. The van der Waals surface area contributed by atoms with E-state index < -0.39 is 18.0 Å². The Morgan fingerprint density at radius 2 is 1.72 bits per heavy atom. The molecule has 2 aromatic rings. The van der Waals surface area contributed by atoms with E-state index in [4.69, 9.17) is 16.6 Å². The number of aliphatic hydroxyl groups is 2. The van der Waals surface area contributed by atoms with Crippen molar-refractivity contribution < 1.29 is 39.5 Å². The Balaban J connectivity index is 0.797. The highest BCUT2D eigenvalue weighted by Crippen LogP contribution is 2.64. The highest BCUT2D eigenvalue weighted by Gasteiger charge is 2.59. The number of hydrogen-bond donors (Lipinski definition) is 8. The second kappa shape index (κ2) is 18.9. The summed E-state index contributed by atoms with van der Waals surface area (Å²) in [6, 6.07) is 13.0. The largest absolute Gasteiger partial charge is 0.508 e. The van der Waals surface area contributed by atoms with Crippen LogP contribution in [0.1, 0.15) is 108 Å². The molecule has 2 aromatic carbocycles. The molecule has 4 saturated carbocycles. The third kappa shape index (κ3) is 9.26. The molecule has 8 rings (SSSR count). The maximum Gasteiger partial charge on any atom is 0.336 e. The predicted octanol–water partition coefficient (Wildman–Crippen LogP) is 9.00. The molecule has 1 aliphatic heterocycles. The highest BCUT2D eigenvalue weighted by atomic mass is 32.1. The first-order valence-electron chi connectivity index (χ1n) is 23.3. The van der Waals surface area contributed by atoms with Crippen molar-refractivity contribution in [3.05, 3.63) is 82.7 Å². The molecule has 11 unspecified atom stereocenters. The molecule has 0 bridgehead atoms. The van der Waals surface area contributed by atoms with Crippen molar-refractivity contribution in [3.63, 3.8) is 0 Å². The molecular weight excluding hydrogens is 831 g/mol. The number of benzene rings is 3. The lowest BCUT2D eigenvalue weighted by Gasteiger charge is -2.60. The summed E-state index contributed by atoms with van der Waals surface area (Å²) in [5.74, 6) is 1.73. The number of anilines is 1. The quantitative estimate of drug-likeness (QED) is 0.0320. The van der Waals surface area contributed by atoms with Crippen LogP contribution in [0.5, 0.6) is 5.75 Å². The molecule has 342 valence electrons. The van der Waals surface area contributed by atoms with Gasteiger partial charge in [0.05, 0.1) is 17.8 Å². The third-order valence-electron chi connectivity index (χ3n) is 16.0. The van der Waals surface area contributed by atoms with E-state index in [1.807, 2.05) is 0 Å². The van der Waals surface area contributed by atoms with Crippen LogP contribution in [0.2, 0.25) is 0 Å². The minimum absolute atomic E-state index is 0.00606. The minimum atomic E-state index is -1.17. The first-order chi connectivity index (χ1) is 30.6. The summed E-state index contributed by atoms with van der Waals surface area (Å²) in [7, 11) is 0. The van der Waals surface area contributed by atoms with Crippen molar-refractivity contribution in [2.45, 2.75) is 116 Å². The van der Waals surface area contributed by atoms with Gasteiger partial charge in [0.1, 0.15) is 23.1 Å². The van der Waals surface area contributed by atoms with Crippen LogP contribution in [0.3, 0.4) is 0 Å². The van der Waals surface area contributed by atoms with Crippen LogP contribution in [0.15, 0.2) is 76.1 Å². The number of thiocarbonyl (C=S) groups is 1. The molecule has 12 nitrogen and oxygen atoms in total. The Morgan fingerprint density at radius 1 is 0.938 bits per heavy atom. The summed E-state index contributed by atoms with van der Waals surface area (Å²) in [6.45, 7) is 9.50. The molecule has 8 N–H and O–H groups in total. The fourth-order valence-electron chi connectivity index (χ4n) is 12.8. The molecule has 4 fully saturated rings. The molecule has 5 aliphatic carbocycles. The lowest BCUT2D eigenvalue weighted by Crippen LogP contribution is -2.56. The second-order valence-electron chi connectivity index (χ2n) is 19.7. The molecule has 1 heterocycles. The number of carbonyl (C=O) groups is 2. The summed E-state index contributed by atoms with van der Waals surface area (Å²) < 4.78 is 5.93. The zero-order valence-electron chi connectivity index (χ0n) is 36.9. The van der Waals surface area contributed by atoms with Gasteiger partial charge in [-0.1, -0.05) is 26.5 Å². The number of rotatable bonds is 15. The van der Waals surface area contributed by atoms with Gasteiger partial charge in [-0.15, -0.1) is 0 Å². The van der Waals surface area contributed by atoms with Gasteiger partial charge in [-0.05, 0) is 184 Å². The first-order valence-corrected chi connectivity index (χ1v) is 23.7. The van der Waals surface area contributed by atoms with E-state index in [9.17, 15) is 39.9 Å². The second-order valence-corrected chi connectivity index (χ2v) is 20.1. The molecular formula is C51H63N3O9S. The summed E-state index contributed by atoms with van der Waals surface area (Å²) in [5.41, 5.74) is 2.93. The van der Waals surface area contributed by atoms with Crippen LogP contribution < -0.4 is 21.4 Å². The number of allylic oxidation sites excluding steroid dienone is 1. The number of hydrogen-bond acceptors (Lipinski definition) is 9. The number of aliphatic hydroxyl groups excluding tert-OH is 2. The van der Waals surface area contributed by atoms with E-state index in [0.717, 1.165) is 37.8 Å². The molecule has 13 heteroatoms. The Morgan fingerprint density at radius 3 is 2.50 bits per heavy atom. The van der Waals surface area contributed by atoms with Gasteiger partial charge in [0.15, 0.2) is 10.5 Å². The van der Waals surface area contributed by atoms with Gasteiger partial charge in [-0.3, -0.25) is 4.79 Å². The third-order valence-corrected chi connectivity index (χ3v) is 16.2. The van der Waals surface area contributed by atoms with Gasteiger partial charge in [0.2, 0.25) is 0 Å². The van der Waals surface area contributed by atoms with Crippen LogP contribution in [-0.4, -0.2) is 67.4 Å². The van der Waals surface area contributed by atoms with Crippen molar-refractivity contribution in [1.29, 1.82) is 0 Å². The van der Waals surface area contributed by atoms with Gasteiger partial charge in [0.25, 0.3) is 0 Å². The maximum absolute atomic E-state index is 12.6. The number of phenolic OH excluding ortho intramolecular Hbond substituents is 1. The molecule has 0 spiro atoms. The summed E-state index contributed by atoms with van der Waals surface area (Å²) in [6.07, 6.45) is 11.2. The molecule has 0 radical (unpaired) electrons. The van der Waals surface area contributed by atoms with Gasteiger partial charge >= 0.3 is 11.9 Å². The number of carboxylic acid groups (broad SMARTS) is 2. The standard InChI is InChI=1S/C51H63N3O9S/c1-27(34-15-16-36-35(34)17-18-41-47(36)43(58)23-29-22-33(57)19-20-51(29,41)3)7-8-28(2)53-42(49(61)62)6-4-5-21-52-50(64)54-30-9-12-37(40(24-30)48(59)60)46-38-13-10-31(55)25-44(38)63-45-26-32(56)11-14-39(45)46/h9-14,24-27,29,33-36,41-43,47,53,55,57-58H,2,4-8,15-23H2,1,3H3,(H,59,60)(H,61,62)(H2,52,54,64). The monoisotopic (exact) mass is 893 g/mol. The fourth-order valence-corrected chi connectivity index (χ4v) is 13.1. The Labute approximate surface area is 379 Å². The Bertz CT molecular complexity index is 2440. The van der Waals surface area contributed by atoms with Gasteiger partial charge in [-0.25, -0.2) is 9.59 Å². The molecule has 0 aromatic heterocycles. The van der Waals surface area contributed by atoms with Crippen molar-refractivity contribution in [3.8, 4) is 28.2 Å². The lowest BCUT2D eigenvalue weighted by molar-refractivity contribution is -0.158. The topological polar surface area (TPSA) is 202 Å². The zero-order chi connectivity index (χ0) is 45.4. The number of phenols is 1. The van der Waals surface area contributed by atoms with Crippen LogP contribution in [0.4, 0.5) is 5.69 Å². The number of unbranched alkanes of at least 4 members (excludes halogenated alkanes) is 1. The van der Waals surface area contributed by atoms with Crippen molar-refractivity contribution in [1.82, 2.24) is 10.6 Å². The zero-order valence-corrected chi connectivity index (χ0v) is 37.7. The van der Waals surface area contributed by atoms with Crippen LogP contribution >= 0.6 is 12.2 Å². The minimum Gasteiger partial charge on any atom is -0.508 e. The fraction of sp³-hybridized carbons (Fsp3) is 0.529. The summed E-state index contributed by atoms with van der Waals surface area (Å²) in [4.78, 5) is 37.1. The molecule has 11 atom stereocenters. The number of nitrogens with one attached hydrogen (secondary N) is 3. The Hall–Kier alpha value is -4.98. The van der Waals surface area contributed by atoms with E-state index in [1.165, 1.54) is 56.0 Å². The van der Waals surface area contributed by atoms with Crippen molar-refractivity contribution in [2.75, 3.05) is 11.9 Å². The van der Waals surface area contributed by atoms with Gasteiger partial charge in [0, 0.05) is 46.6 Å². The number of aromatic carboxylic acids is 1. The summed E-state index contributed by atoms with van der Waals surface area (Å²) in [5, 5.41) is 62.7. The summed E-state index contributed by atoms with van der Waals surface area (Å²) >= 11 is 5.53. The number of fused-ring (bicyclic) bond motifs is 7. The molecule has 0 saturated heterocycles. The van der Waals surface area contributed by atoms with Gasteiger partial charge in [-0.2, -0.15) is 0 Å². The van der Waals surface area contributed by atoms with Crippen LogP contribution in [-0.2, 0) is 4.79 Å². The molecule has 64 heavy (non-hydrogen) atoms. The smallest absolute Gasteiger partial charge is 0.336 e. The van der Waals surface area contributed by atoms with E-state index in [1.54, 1.807) is 24.3 Å². The van der Waals surface area contributed by atoms with Crippen molar-refractivity contribution in [2.24, 2.45) is 46.8 Å². The SMILES string of the molecule is C=C(CCC(C)C1CCC2C1CCC1C2C(O)CC2CC(O)CCC21C)NC(CCCCNC(=S)Nc1ccc(-c2c3ccc(=O)cc-3oc3cc(O)ccc23)c(C(=O)O)c1)C(=O)O. The van der Waals surface area contributed by atoms with E-state index in [0.29, 0.717) is 107 Å². The van der Waals surface area contributed by atoms with Crippen LogP contribution in [0, 0.1) is 46.8 Å². The average Bonchev–Trinajstić information content (AvgIpc) is 3.69. The van der Waals surface area contributed by atoms with E-state index >= 15 is 0 Å². The van der Waals surface area contributed by atoms with Crippen molar-refractivity contribution >= 4 is 45.9 Å².